The quantitative estimate of drug-likeness (QED) is 0.830. The van der Waals surface area contributed by atoms with E-state index in [2.05, 4.69) is 25.0 Å². The number of hydrogen-bond donors (Lipinski definition) is 1. The lowest BCUT2D eigenvalue weighted by Gasteiger charge is -2.25. The molecule has 0 spiro atoms. The number of nitrogen functional groups attached to an aromatic ring is 1. The van der Waals surface area contributed by atoms with Crippen molar-refractivity contribution in [3.05, 3.63) is 17.6 Å². The van der Waals surface area contributed by atoms with Crippen molar-refractivity contribution in [3.8, 4) is 5.82 Å². The molecule has 2 aromatic heterocycles. The number of anilines is 2. The minimum atomic E-state index is 0.323. The predicted octanol–water partition coefficient (Wildman–Crippen LogP) is 0.0929. The molecule has 2 N–H and O–H groups in total. The molecule has 3 heterocycles. The van der Waals surface area contributed by atoms with E-state index in [1.165, 1.54) is 0 Å². The van der Waals surface area contributed by atoms with Gasteiger partial charge in [-0.05, 0) is 13.8 Å². The molecule has 1 saturated heterocycles. The zero-order valence-corrected chi connectivity index (χ0v) is 11.6. The van der Waals surface area contributed by atoms with Crippen molar-refractivity contribution in [3.63, 3.8) is 0 Å². The third-order valence-corrected chi connectivity index (χ3v) is 3.08. The summed E-state index contributed by atoms with van der Waals surface area (Å²) < 4.78 is 6.87. The average Bonchev–Trinajstić information content (AvgIpc) is 2.81. The van der Waals surface area contributed by atoms with Gasteiger partial charge in [-0.1, -0.05) is 0 Å². The van der Waals surface area contributed by atoms with Crippen molar-refractivity contribution in [2.45, 2.75) is 13.8 Å². The predicted molar refractivity (Wildman–Crippen MR) is 73.9 cm³/mol. The maximum Gasteiger partial charge on any atom is 0.247 e. The first kappa shape index (κ1) is 12.8. The van der Waals surface area contributed by atoms with Gasteiger partial charge in [-0.3, -0.25) is 0 Å². The summed E-state index contributed by atoms with van der Waals surface area (Å²) in [6.45, 7) is 6.65. The van der Waals surface area contributed by atoms with Crippen LogP contribution in [0, 0.1) is 13.8 Å². The number of ether oxygens (including phenoxy) is 1. The van der Waals surface area contributed by atoms with Gasteiger partial charge in [-0.15, -0.1) is 5.10 Å². The second-order valence-corrected chi connectivity index (χ2v) is 4.70. The second kappa shape index (κ2) is 5.04. The lowest BCUT2D eigenvalue weighted by Crippen LogP contribution is -2.37. The van der Waals surface area contributed by atoms with Crippen LogP contribution in [0.1, 0.15) is 11.5 Å². The molecular weight excluding hydrogens is 258 g/mol. The van der Waals surface area contributed by atoms with E-state index in [1.54, 1.807) is 4.68 Å². The fourth-order valence-corrected chi connectivity index (χ4v) is 2.18. The minimum absolute atomic E-state index is 0.323. The van der Waals surface area contributed by atoms with Crippen molar-refractivity contribution in [2.24, 2.45) is 0 Å². The van der Waals surface area contributed by atoms with Crippen molar-refractivity contribution in [2.75, 3.05) is 36.9 Å². The molecule has 2 aromatic rings. The van der Waals surface area contributed by atoms with Crippen LogP contribution < -0.4 is 10.6 Å². The molecule has 0 amide bonds. The van der Waals surface area contributed by atoms with E-state index in [9.17, 15) is 0 Å². The van der Waals surface area contributed by atoms with Crippen molar-refractivity contribution >= 4 is 11.9 Å². The summed E-state index contributed by atoms with van der Waals surface area (Å²) in [6.07, 6.45) is 0. The highest BCUT2D eigenvalue weighted by Gasteiger charge is 2.18. The zero-order valence-electron chi connectivity index (χ0n) is 11.6. The number of morpholine rings is 1. The molecule has 0 aromatic carbocycles. The summed E-state index contributed by atoms with van der Waals surface area (Å²) in [5, 5.41) is 4.45. The number of hydrogen-bond acceptors (Lipinski definition) is 7. The van der Waals surface area contributed by atoms with E-state index in [0.29, 0.717) is 36.8 Å². The van der Waals surface area contributed by atoms with Gasteiger partial charge in [0.2, 0.25) is 11.9 Å². The standard InChI is InChI=1S/C12H17N7O/c1-8-7-10(15-9(2)14-8)19-11(13)16-12(17-19)18-3-5-20-6-4-18/h7H,3-6H2,1-2H3,(H2,13,16,17). The van der Waals surface area contributed by atoms with Crippen LogP contribution in [0.25, 0.3) is 5.82 Å². The van der Waals surface area contributed by atoms with Gasteiger partial charge >= 0.3 is 0 Å². The van der Waals surface area contributed by atoms with Crippen LogP contribution in [0.15, 0.2) is 6.07 Å². The van der Waals surface area contributed by atoms with Crippen LogP contribution in [-0.2, 0) is 4.74 Å². The molecule has 0 atom stereocenters. The maximum atomic E-state index is 5.95. The lowest BCUT2D eigenvalue weighted by molar-refractivity contribution is 0.122. The fourth-order valence-electron chi connectivity index (χ4n) is 2.18. The molecule has 0 radical (unpaired) electrons. The van der Waals surface area contributed by atoms with Crippen LogP contribution in [0.2, 0.25) is 0 Å². The van der Waals surface area contributed by atoms with Gasteiger partial charge in [0.05, 0.1) is 13.2 Å². The Bertz CT molecular complexity index is 598. The van der Waals surface area contributed by atoms with Crippen molar-refractivity contribution in [1.82, 2.24) is 24.7 Å². The van der Waals surface area contributed by atoms with Crippen LogP contribution in [0.5, 0.6) is 0 Å². The Kier molecular flexibility index (Phi) is 3.23. The van der Waals surface area contributed by atoms with Crippen LogP contribution in [0.4, 0.5) is 11.9 Å². The normalized spacial score (nSPS) is 15.6. The first-order chi connectivity index (χ1) is 9.63. The van der Waals surface area contributed by atoms with Crippen LogP contribution in [0.3, 0.4) is 0 Å². The van der Waals surface area contributed by atoms with Crippen LogP contribution >= 0.6 is 0 Å². The van der Waals surface area contributed by atoms with Gasteiger partial charge in [0, 0.05) is 24.8 Å². The van der Waals surface area contributed by atoms with Crippen LogP contribution in [-0.4, -0.2) is 51.0 Å². The summed E-state index contributed by atoms with van der Waals surface area (Å²) >= 11 is 0. The molecule has 8 heteroatoms. The molecule has 1 fully saturated rings. The van der Waals surface area contributed by atoms with Gasteiger partial charge in [0.15, 0.2) is 5.82 Å². The Morgan fingerprint density at radius 2 is 1.90 bits per heavy atom. The third kappa shape index (κ3) is 2.42. The molecule has 1 aliphatic heterocycles. The molecular formula is C12H17N7O. The molecule has 0 aliphatic carbocycles. The monoisotopic (exact) mass is 275 g/mol. The van der Waals surface area contributed by atoms with Gasteiger partial charge in [0.25, 0.3) is 0 Å². The zero-order chi connectivity index (χ0) is 14.1. The Morgan fingerprint density at radius 1 is 1.15 bits per heavy atom. The molecule has 0 bridgehead atoms. The molecule has 0 unspecified atom stereocenters. The second-order valence-electron chi connectivity index (χ2n) is 4.70. The van der Waals surface area contributed by atoms with Gasteiger partial charge in [0.1, 0.15) is 5.82 Å². The number of nitrogens with zero attached hydrogens (tertiary/aromatic N) is 6. The number of nitrogens with two attached hydrogens (primary N) is 1. The fraction of sp³-hybridized carbons (Fsp3) is 0.500. The minimum Gasteiger partial charge on any atom is -0.378 e. The van der Waals surface area contributed by atoms with E-state index in [4.69, 9.17) is 10.5 Å². The number of rotatable bonds is 2. The highest BCUT2D eigenvalue weighted by Crippen LogP contribution is 2.16. The molecule has 8 nitrogen and oxygen atoms in total. The van der Waals surface area contributed by atoms with E-state index in [1.807, 2.05) is 19.9 Å². The van der Waals surface area contributed by atoms with Gasteiger partial charge < -0.3 is 15.4 Å². The Morgan fingerprint density at radius 3 is 2.60 bits per heavy atom. The Hall–Kier alpha value is -2.22. The van der Waals surface area contributed by atoms with Crippen molar-refractivity contribution in [1.29, 1.82) is 0 Å². The first-order valence-electron chi connectivity index (χ1n) is 6.51. The highest BCUT2D eigenvalue weighted by molar-refractivity contribution is 5.40. The molecule has 1 aliphatic rings. The smallest absolute Gasteiger partial charge is 0.247 e. The van der Waals surface area contributed by atoms with E-state index >= 15 is 0 Å². The Balaban J connectivity index is 1.95. The summed E-state index contributed by atoms with van der Waals surface area (Å²) in [5.41, 5.74) is 6.82. The Labute approximate surface area is 116 Å². The van der Waals surface area contributed by atoms with Crippen molar-refractivity contribution < 1.29 is 4.74 Å². The molecule has 106 valence electrons. The molecule has 20 heavy (non-hydrogen) atoms. The molecule has 3 rings (SSSR count). The third-order valence-electron chi connectivity index (χ3n) is 3.08. The van der Waals surface area contributed by atoms with E-state index in [-0.39, 0.29) is 0 Å². The SMILES string of the molecule is Cc1cc(-n2nc(N3CCOCC3)nc2N)nc(C)n1. The van der Waals surface area contributed by atoms with Gasteiger partial charge in [-0.2, -0.15) is 9.67 Å². The summed E-state index contributed by atoms with van der Waals surface area (Å²) in [7, 11) is 0. The lowest BCUT2D eigenvalue weighted by atomic mass is 10.4. The van der Waals surface area contributed by atoms with E-state index in [0.717, 1.165) is 18.8 Å². The summed E-state index contributed by atoms with van der Waals surface area (Å²) in [5.74, 6) is 2.26. The number of aromatic nitrogens is 5. The summed E-state index contributed by atoms with van der Waals surface area (Å²) in [6, 6.07) is 1.83. The molecule has 0 saturated carbocycles. The average molecular weight is 275 g/mol. The maximum absolute atomic E-state index is 5.95. The topological polar surface area (TPSA) is 95.0 Å². The number of aryl methyl sites for hydroxylation is 2. The van der Waals surface area contributed by atoms with Gasteiger partial charge in [-0.25, -0.2) is 9.97 Å². The first-order valence-corrected chi connectivity index (χ1v) is 6.51. The van der Waals surface area contributed by atoms with E-state index < -0.39 is 0 Å². The summed E-state index contributed by atoms with van der Waals surface area (Å²) in [4.78, 5) is 15.0. The highest BCUT2D eigenvalue weighted by atomic mass is 16.5. The largest absolute Gasteiger partial charge is 0.378 e.